The van der Waals surface area contributed by atoms with Gasteiger partial charge in [0.05, 0.1) is 5.60 Å². The first-order valence-electron chi connectivity index (χ1n) is 8.81. The van der Waals surface area contributed by atoms with Crippen LogP contribution in [-0.2, 0) is 5.60 Å². The quantitative estimate of drug-likeness (QED) is 0.841. The Morgan fingerprint density at radius 1 is 1.00 bits per heavy atom. The van der Waals surface area contributed by atoms with E-state index < -0.39 is 23.1 Å². The molecule has 0 atom stereocenters. The van der Waals surface area contributed by atoms with E-state index in [1.807, 2.05) is 0 Å². The van der Waals surface area contributed by atoms with Crippen molar-refractivity contribution in [1.29, 1.82) is 0 Å². The SMILES string of the molecule is O=C(NCCN1CCC(O)(c2ccc(F)cc2)CC1)c1cc(F)cc(F)c1. The van der Waals surface area contributed by atoms with E-state index in [0.717, 1.165) is 12.1 Å². The molecule has 1 saturated heterocycles. The minimum absolute atomic E-state index is 0.0585. The van der Waals surface area contributed by atoms with Crippen LogP contribution in [0, 0.1) is 17.5 Å². The number of nitrogens with zero attached hydrogens (tertiary/aromatic N) is 1. The maximum Gasteiger partial charge on any atom is 0.251 e. The van der Waals surface area contributed by atoms with E-state index in [-0.39, 0.29) is 11.4 Å². The van der Waals surface area contributed by atoms with Gasteiger partial charge in [-0.2, -0.15) is 0 Å². The average molecular weight is 378 g/mol. The molecule has 144 valence electrons. The number of hydrogen-bond donors (Lipinski definition) is 2. The molecule has 2 aromatic carbocycles. The van der Waals surface area contributed by atoms with Gasteiger partial charge in [-0.3, -0.25) is 4.79 Å². The first kappa shape index (κ1) is 19.4. The summed E-state index contributed by atoms with van der Waals surface area (Å²) in [5.74, 6) is -2.46. The van der Waals surface area contributed by atoms with Gasteiger partial charge in [0.25, 0.3) is 5.91 Å². The molecule has 2 aromatic rings. The summed E-state index contributed by atoms with van der Waals surface area (Å²) in [6, 6.07) is 8.57. The zero-order valence-electron chi connectivity index (χ0n) is 14.7. The fourth-order valence-electron chi connectivity index (χ4n) is 3.31. The summed E-state index contributed by atoms with van der Waals surface area (Å²) in [4.78, 5) is 14.1. The van der Waals surface area contributed by atoms with Gasteiger partial charge in [-0.05, 0) is 42.7 Å². The van der Waals surface area contributed by atoms with Gasteiger partial charge in [0, 0.05) is 37.8 Å². The van der Waals surface area contributed by atoms with Gasteiger partial charge in [-0.15, -0.1) is 0 Å². The van der Waals surface area contributed by atoms with Crippen LogP contribution in [0.1, 0.15) is 28.8 Å². The molecule has 27 heavy (non-hydrogen) atoms. The fourth-order valence-corrected chi connectivity index (χ4v) is 3.31. The minimum atomic E-state index is -0.980. The summed E-state index contributed by atoms with van der Waals surface area (Å²) in [5, 5.41) is 13.4. The van der Waals surface area contributed by atoms with Crippen molar-refractivity contribution in [3.8, 4) is 0 Å². The molecule has 1 amide bonds. The van der Waals surface area contributed by atoms with E-state index in [0.29, 0.717) is 50.7 Å². The first-order chi connectivity index (χ1) is 12.9. The summed E-state index contributed by atoms with van der Waals surface area (Å²) in [6.07, 6.45) is 1.00. The van der Waals surface area contributed by atoms with Crippen molar-refractivity contribution in [3.63, 3.8) is 0 Å². The first-order valence-corrected chi connectivity index (χ1v) is 8.81. The van der Waals surface area contributed by atoms with Gasteiger partial charge in [0.2, 0.25) is 0 Å². The van der Waals surface area contributed by atoms with Crippen molar-refractivity contribution in [2.45, 2.75) is 18.4 Å². The van der Waals surface area contributed by atoms with Crippen molar-refractivity contribution >= 4 is 5.91 Å². The lowest BCUT2D eigenvalue weighted by atomic mass is 9.84. The van der Waals surface area contributed by atoms with Gasteiger partial charge in [-0.1, -0.05) is 12.1 Å². The molecular weight excluding hydrogens is 357 g/mol. The number of halogens is 3. The van der Waals surface area contributed by atoms with Crippen molar-refractivity contribution in [2.75, 3.05) is 26.2 Å². The number of carbonyl (C=O) groups is 1. The number of likely N-dealkylation sites (tertiary alicyclic amines) is 1. The highest BCUT2D eigenvalue weighted by molar-refractivity contribution is 5.94. The minimum Gasteiger partial charge on any atom is -0.385 e. The largest absolute Gasteiger partial charge is 0.385 e. The van der Waals surface area contributed by atoms with Crippen LogP contribution in [-0.4, -0.2) is 42.1 Å². The summed E-state index contributed by atoms with van der Waals surface area (Å²) in [5.41, 5.74) is -0.339. The molecule has 1 fully saturated rings. The number of benzene rings is 2. The zero-order chi connectivity index (χ0) is 19.4. The highest BCUT2D eigenvalue weighted by Crippen LogP contribution is 2.32. The summed E-state index contributed by atoms with van der Waals surface area (Å²) < 4.78 is 39.4. The standard InChI is InChI=1S/C20H21F3N2O2/c21-16-3-1-15(2-4-16)20(27)5-8-25(9-6-20)10-7-24-19(26)14-11-17(22)13-18(23)12-14/h1-4,11-13,27H,5-10H2,(H,24,26). The van der Waals surface area contributed by atoms with Crippen molar-refractivity contribution < 1.29 is 23.1 Å². The second-order valence-corrected chi connectivity index (χ2v) is 6.79. The third-order valence-electron chi connectivity index (χ3n) is 4.90. The van der Waals surface area contributed by atoms with Crippen molar-refractivity contribution in [1.82, 2.24) is 10.2 Å². The van der Waals surface area contributed by atoms with Gasteiger partial charge in [0.15, 0.2) is 0 Å². The molecule has 4 nitrogen and oxygen atoms in total. The van der Waals surface area contributed by atoms with Crippen LogP contribution in [0.15, 0.2) is 42.5 Å². The number of carbonyl (C=O) groups excluding carboxylic acids is 1. The second kappa shape index (κ2) is 8.10. The molecule has 1 aliphatic heterocycles. The molecule has 0 bridgehead atoms. The number of nitrogens with one attached hydrogen (secondary N) is 1. The number of rotatable bonds is 5. The predicted octanol–water partition coefficient (Wildman–Crippen LogP) is 2.82. The molecule has 1 aliphatic rings. The molecule has 1 heterocycles. The van der Waals surface area contributed by atoms with Gasteiger partial charge >= 0.3 is 0 Å². The molecule has 0 saturated carbocycles. The fraction of sp³-hybridized carbons (Fsp3) is 0.350. The number of piperidine rings is 1. The number of aliphatic hydroxyl groups is 1. The summed E-state index contributed by atoms with van der Waals surface area (Å²) >= 11 is 0. The van der Waals surface area contributed by atoms with Crippen molar-refractivity contribution in [3.05, 3.63) is 71.0 Å². The Bertz CT molecular complexity index is 783. The Morgan fingerprint density at radius 2 is 1.59 bits per heavy atom. The molecule has 0 spiro atoms. The van der Waals surface area contributed by atoms with Crippen LogP contribution in [0.5, 0.6) is 0 Å². The summed E-state index contributed by atoms with van der Waals surface area (Å²) in [6.45, 7) is 2.13. The van der Waals surface area contributed by atoms with E-state index in [4.69, 9.17) is 0 Å². The Morgan fingerprint density at radius 3 is 2.19 bits per heavy atom. The zero-order valence-corrected chi connectivity index (χ0v) is 14.7. The smallest absolute Gasteiger partial charge is 0.251 e. The van der Waals surface area contributed by atoms with Crippen LogP contribution >= 0.6 is 0 Å². The van der Waals surface area contributed by atoms with Gasteiger partial charge in [-0.25, -0.2) is 13.2 Å². The Labute approximate surface area is 155 Å². The highest BCUT2D eigenvalue weighted by Gasteiger charge is 2.33. The van der Waals surface area contributed by atoms with E-state index in [9.17, 15) is 23.1 Å². The Hall–Kier alpha value is -2.38. The lowest BCUT2D eigenvalue weighted by molar-refractivity contribution is -0.0255. The van der Waals surface area contributed by atoms with Crippen LogP contribution in [0.4, 0.5) is 13.2 Å². The van der Waals surface area contributed by atoms with E-state index in [2.05, 4.69) is 10.2 Å². The molecule has 2 N–H and O–H groups in total. The van der Waals surface area contributed by atoms with Crippen LogP contribution in [0.25, 0.3) is 0 Å². The molecule has 7 heteroatoms. The van der Waals surface area contributed by atoms with Gasteiger partial charge < -0.3 is 15.3 Å². The van der Waals surface area contributed by atoms with E-state index >= 15 is 0 Å². The average Bonchev–Trinajstić information content (AvgIpc) is 2.63. The van der Waals surface area contributed by atoms with E-state index in [1.54, 1.807) is 12.1 Å². The lowest BCUT2D eigenvalue weighted by Crippen LogP contribution is -2.45. The van der Waals surface area contributed by atoms with E-state index in [1.165, 1.54) is 12.1 Å². The topological polar surface area (TPSA) is 52.6 Å². The van der Waals surface area contributed by atoms with Gasteiger partial charge in [0.1, 0.15) is 17.5 Å². The molecule has 0 unspecified atom stereocenters. The maximum absolute atomic E-state index is 13.2. The van der Waals surface area contributed by atoms with Crippen molar-refractivity contribution in [2.24, 2.45) is 0 Å². The maximum atomic E-state index is 13.2. The van der Waals surface area contributed by atoms with Crippen LogP contribution < -0.4 is 5.32 Å². The third-order valence-corrected chi connectivity index (χ3v) is 4.90. The molecule has 0 radical (unpaired) electrons. The molecule has 3 rings (SSSR count). The predicted molar refractivity (Wildman–Crippen MR) is 94.7 cm³/mol. The number of hydrogen-bond acceptors (Lipinski definition) is 3. The number of amides is 1. The van der Waals surface area contributed by atoms with Crippen LogP contribution in [0.2, 0.25) is 0 Å². The third kappa shape index (κ3) is 4.87. The molecular formula is C20H21F3N2O2. The highest BCUT2D eigenvalue weighted by atomic mass is 19.1. The Kier molecular flexibility index (Phi) is 5.82. The molecule has 0 aromatic heterocycles. The Balaban J connectivity index is 1.47. The normalized spacial score (nSPS) is 16.9. The second-order valence-electron chi connectivity index (χ2n) is 6.79. The monoisotopic (exact) mass is 378 g/mol. The van der Waals surface area contributed by atoms with Crippen LogP contribution in [0.3, 0.4) is 0 Å². The molecule has 0 aliphatic carbocycles. The lowest BCUT2D eigenvalue weighted by Gasteiger charge is -2.38. The summed E-state index contributed by atoms with van der Waals surface area (Å²) in [7, 11) is 0.